The molecule has 0 aromatic rings. The van der Waals surface area contributed by atoms with E-state index in [1.54, 1.807) is 4.90 Å². The first-order chi connectivity index (χ1) is 9.84. The largest absolute Gasteiger partial charge is 0.480 e. The number of carbonyl (C=O) groups is 2. The molecule has 0 bridgehead atoms. The molecule has 6 heteroatoms. The molecule has 120 valence electrons. The van der Waals surface area contributed by atoms with Crippen molar-refractivity contribution in [3.8, 4) is 0 Å². The number of hydrogen-bond acceptors (Lipinski definition) is 4. The Hall–Kier alpha value is -1.14. The molecule has 2 atom stereocenters. The van der Waals surface area contributed by atoms with Gasteiger partial charge in [0, 0.05) is 32.7 Å². The molecule has 2 rings (SSSR count). The molecule has 2 heterocycles. The zero-order valence-corrected chi connectivity index (χ0v) is 13.3. The molecule has 0 radical (unpaired) electrons. The van der Waals surface area contributed by atoms with Crippen LogP contribution in [0.25, 0.3) is 0 Å². The predicted octanol–water partition coefficient (Wildman–Crippen LogP) is 0.382. The van der Waals surface area contributed by atoms with Crippen LogP contribution >= 0.6 is 0 Å². The topological polar surface area (TPSA) is 72.9 Å². The Bertz CT molecular complexity index is 405. The number of piperazine rings is 1. The van der Waals surface area contributed by atoms with Crippen molar-refractivity contribution >= 4 is 11.9 Å². The molecular weight excluding hydrogens is 270 g/mol. The van der Waals surface area contributed by atoms with E-state index in [0.29, 0.717) is 18.9 Å². The summed E-state index contributed by atoms with van der Waals surface area (Å²) in [6, 6.07) is -0.677. The molecular formula is C15H27N3O3. The van der Waals surface area contributed by atoms with Crippen LogP contribution in [0.2, 0.25) is 0 Å². The highest BCUT2D eigenvalue weighted by molar-refractivity contribution is 5.89. The summed E-state index contributed by atoms with van der Waals surface area (Å²) in [6.45, 7) is 9.81. The fourth-order valence-corrected chi connectivity index (χ4v) is 3.33. The number of carbonyl (C=O) groups excluding carboxylic acids is 1. The molecule has 1 amide bonds. The summed E-state index contributed by atoms with van der Waals surface area (Å²) in [5.74, 6) is -0.577. The fourth-order valence-electron chi connectivity index (χ4n) is 3.33. The molecule has 2 saturated heterocycles. The van der Waals surface area contributed by atoms with E-state index in [4.69, 9.17) is 0 Å². The van der Waals surface area contributed by atoms with Crippen molar-refractivity contribution in [2.24, 2.45) is 5.92 Å². The number of amides is 1. The van der Waals surface area contributed by atoms with Crippen LogP contribution in [0.15, 0.2) is 0 Å². The number of likely N-dealkylation sites (tertiary alicyclic amines) is 1. The van der Waals surface area contributed by atoms with E-state index in [0.717, 1.165) is 32.6 Å². The normalized spacial score (nSPS) is 28.4. The van der Waals surface area contributed by atoms with Gasteiger partial charge in [-0.15, -0.1) is 0 Å². The van der Waals surface area contributed by atoms with Gasteiger partial charge in [-0.2, -0.15) is 0 Å². The summed E-state index contributed by atoms with van der Waals surface area (Å²) >= 11 is 0. The summed E-state index contributed by atoms with van der Waals surface area (Å²) < 4.78 is 0. The maximum absolute atomic E-state index is 12.9. The Morgan fingerprint density at radius 2 is 1.81 bits per heavy atom. The third kappa shape index (κ3) is 3.37. The van der Waals surface area contributed by atoms with Crippen molar-refractivity contribution in [1.29, 1.82) is 0 Å². The van der Waals surface area contributed by atoms with E-state index in [1.807, 2.05) is 13.8 Å². The molecule has 2 fully saturated rings. The van der Waals surface area contributed by atoms with Crippen molar-refractivity contribution in [2.45, 2.75) is 45.2 Å². The van der Waals surface area contributed by atoms with Gasteiger partial charge in [0.2, 0.25) is 5.91 Å². The molecule has 0 spiro atoms. The van der Waals surface area contributed by atoms with Crippen LogP contribution in [0.4, 0.5) is 0 Å². The lowest BCUT2D eigenvalue weighted by atomic mass is 9.89. The van der Waals surface area contributed by atoms with Crippen molar-refractivity contribution in [3.63, 3.8) is 0 Å². The van der Waals surface area contributed by atoms with E-state index in [1.165, 1.54) is 0 Å². The Morgan fingerprint density at radius 3 is 2.38 bits per heavy atom. The average Bonchev–Trinajstić information content (AvgIpc) is 2.47. The highest BCUT2D eigenvalue weighted by Gasteiger charge is 2.43. The number of carboxylic acid groups (broad SMARTS) is 1. The second kappa shape index (κ2) is 6.32. The van der Waals surface area contributed by atoms with Gasteiger partial charge in [-0.1, -0.05) is 6.92 Å². The highest BCUT2D eigenvalue weighted by Crippen LogP contribution is 2.27. The monoisotopic (exact) mass is 297 g/mol. The minimum Gasteiger partial charge on any atom is -0.480 e. The molecule has 0 aromatic carbocycles. The van der Waals surface area contributed by atoms with E-state index in [-0.39, 0.29) is 5.91 Å². The smallest absolute Gasteiger partial charge is 0.326 e. The van der Waals surface area contributed by atoms with E-state index in [2.05, 4.69) is 17.1 Å². The summed E-state index contributed by atoms with van der Waals surface area (Å²) in [5.41, 5.74) is -0.642. The second-order valence-electron chi connectivity index (χ2n) is 6.78. The number of carboxylic acids is 1. The number of hydrogen-bond donors (Lipinski definition) is 2. The standard InChI is InChI=1S/C15H27N3O3/c1-11-4-7-18(12(10-11)13(19)20)14(21)15(2,3)17-8-5-16-6-9-17/h11-12,16H,4-10H2,1-3H3,(H,19,20). The van der Waals surface area contributed by atoms with Gasteiger partial charge in [-0.25, -0.2) is 4.79 Å². The predicted molar refractivity (Wildman–Crippen MR) is 80.1 cm³/mol. The molecule has 2 N–H and O–H groups in total. The Kier molecular flexibility index (Phi) is 4.88. The number of piperidine rings is 1. The van der Waals surface area contributed by atoms with Gasteiger partial charge in [0.15, 0.2) is 0 Å². The summed E-state index contributed by atoms with van der Waals surface area (Å²) in [6.07, 6.45) is 1.44. The molecule has 21 heavy (non-hydrogen) atoms. The van der Waals surface area contributed by atoms with Crippen molar-refractivity contribution in [3.05, 3.63) is 0 Å². The van der Waals surface area contributed by atoms with E-state index < -0.39 is 17.6 Å². The maximum Gasteiger partial charge on any atom is 0.326 e. The van der Waals surface area contributed by atoms with Gasteiger partial charge in [0.05, 0.1) is 5.54 Å². The lowest BCUT2D eigenvalue weighted by Gasteiger charge is -2.45. The quantitative estimate of drug-likeness (QED) is 0.788. The zero-order chi connectivity index (χ0) is 15.6. The minimum atomic E-state index is -0.883. The minimum absolute atomic E-state index is 0.0521. The third-order valence-electron chi connectivity index (χ3n) is 4.84. The van der Waals surface area contributed by atoms with Crippen molar-refractivity contribution in [1.82, 2.24) is 15.1 Å². The first kappa shape index (κ1) is 16.2. The van der Waals surface area contributed by atoms with Gasteiger partial charge in [0.25, 0.3) is 0 Å². The van der Waals surface area contributed by atoms with Gasteiger partial charge < -0.3 is 15.3 Å². The third-order valence-corrected chi connectivity index (χ3v) is 4.84. The number of aliphatic carboxylic acids is 1. The fraction of sp³-hybridized carbons (Fsp3) is 0.867. The number of rotatable bonds is 3. The van der Waals surface area contributed by atoms with Crippen LogP contribution in [0.3, 0.4) is 0 Å². The Balaban J connectivity index is 2.14. The average molecular weight is 297 g/mol. The van der Waals surface area contributed by atoms with Crippen LogP contribution in [0.1, 0.15) is 33.6 Å². The summed E-state index contributed by atoms with van der Waals surface area (Å²) in [4.78, 5) is 28.2. The van der Waals surface area contributed by atoms with Crippen LogP contribution in [0.5, 0.6) is 0 Å². The number of nitrogens with zero attached hydrogens (tertiary/aromatic N) is 2. The molecule has 2 unspecified atom stereocenters. The Morgan fingerprint density at radius 1 is 1.19 bits per heavy atom. The highest BCUT2D eigenvalue weighted by atomic mass is 16.4. The maximum atomic E-state index is 12.9. The van der Waals surface area contributed by atoms with Gasteiger partial charge >= 0.3 is 5.97 Å². The molecule has 6 nitrogen and oxygen atoms in total. The van der Waals surface area contributed by atoms with Gasteiger partial charge in [-0.3, -0.25) is 9.69 Å². The molecule has 2 aliphatic heterocycles. The van der Waals surface area contributed by atoms with Gasteiger partial charge in [0.1, 0.15) is 6.04 Å². The zero-order valence-electron chi connectivity index (χ0n) is 13.3. The van der Waals surface area contributed by atoms with Crippen LogP contribution in [-0.4, -0.2) is 71.1 Å². The Labute approximate surface area is 126 Å². The molecule has 2 aliphatic rings. The molecule has 0 saturated carbocycles. The summed E-state index contributed by atoms with van der Waals surface area (Å²) in [7, 11) is 0. The van der Waals surface area contributed by atoms with Gasteiger partial charge in [-0.05, 0) is 32.6 Å². The first-order valence-electron chi connectivity index (χ1n) is 7.83. The SMILES string of the molecule is CC1CCN(C(=O)C(C)(C)N2CCNCC2)C(C(=O)O)C1. The lowest BCUT2D eigenvalue weighted by Crippen LogP contribution is -2.63. The summed E-state index contributed by atoms with van der Waals surface area (Å²) in [5, 5.41) is 12.7. The molecule has 0 aliphatic carbocycles. The van der Waals surface area contributed by atoms with Crippen LogP contribution in [0, 0.1) is 5.92 Å². The number of nitrogens with one attached hydrogen (secondary N) is 1. The van der Waals surface area contributed by atoms with Crippen molar-refractivity contribution < 1.29 is 14.7 Å². The van der Waals surface area contributed by atoms with Crippen LogP contribution in [-0.2, 0) is 9.59 Å². The van der Waals surface area contributed by atoms with E-state index >= 15 is 0 Å². The lowest BCUT2D eigenvalue weighted by molar-refractivity contribution is -0.158. The van der Waals surface area contributed by atoms with Crippen molar-refractivity contribution in [2.75, 3.05) is 32.7 Å². The van der Waals surface area contributed by atoms with Crippen LogP contribution < -0.4 is 5.32 Å². The first-order valence-corrected chi connectivity index (χ1v) is 7.83. The molecule has 0 aromatic heterocycles. The van der Waals surface area contributed by atoms with E-state index in [9.17, 15) is 14.7 Å². The second-order valence-corrected chi connectivity index (χ2v) is 6.78.